The number of thiazole rings is 1. The summed E-state index contributed by atoms with van der Waals surface area (Å²) in [4.78, 5) is 16.2. The van der Waals surface area contributed by atoms with E-state index in [9.17, 15) is 0 Å². The molecule has 4 nitrogen and oxygen atoms in total. The van der Waals surface area contributed by atoms with Gasteiger partial charge in [-0.15, -0.1) is 22.7 Å². The molecule has 1 N–H and O–H groups in total. The maximum absolute atomic E-state index is 4.71. The van der Waals surface area contributed by atoms with Crippen LogP contribution in [0.25, 0.3) is 10.2 Å². The van der Waals surface area contributed by atoms with Crippen LogP contribution in [-0.2, 0) is 6.42 Å². The van der Waals surface area contributed by atoms with Gasteiger partial charge < -0.3 is 5.32 Å². The summed E-state index contributed by atoms with van der Waals surface area (Å²) in [5.41, 5.74) is 1.06. The van der Waals surface area contributed by atoms with Crippen LogP contribution in [0.3, 0.4) is 0 Å². The molecule has 0 aliphatic rings. The molecule has 3 rings (SSSR count). The van der Waals surface area contributed by atoms with Crippen molar-refractivity contribution in [2.75, 3.05) is 11.9 Å². The van der Waals surface area contributed by atoms with Gasteiger partial charge in [0.2, 0.25) is 0 Å². The summed E-state index contributed by atoms with van der Waals surface area (Å²) in [7, 11) is 0. The van der Waals surface area contributed by atoms with Crippen LogP contribution in [0.2, 0.25) is 0 Å². The van der Waals surface area contributed by atoms with Crippen molar-refractivity contribution >= 4 is 38.7 Å². The van der Waals surface area contributed by atoms with E-state index in [1.807, 2.05) is 6.92 Å². The Morgan fingerprint density at radius 2 is 2.05 bits per heavy atom. The number of thiophene rings is 1. The molecule has 0 aromatic carbocycles. The highest BCUT2D eigenvalue weighted by Crippen LogP contribution is 2.29. The standard InChI is InChI=1S/C15H18N4S2/c1-4-5-16-14-11-6-10(3)21-15(11)19-12(18-14)7-13-17-9(2)8-20-13/h6,8H,4-5,7H2,1-3H3,(H,16,18,19). The van der Waals surface area contributed by atoms with Gasteiger partial charge in [0, 0.05) is 22.5 Å². The molecule has 3 aromatic heterocycles. The van der Waals surface area contributed by atoms with Gasteiger partial charge in [-0.05, 0) is 26.3 Å². The molecule has 110 valence electrons. The van der Waals surface area contributed by atoms with Gasteiger partial charge in [-0.1, -0.05) is 6.92 Å². The van der Waals surface area contributed by atoms with E-state index in [1.54, 1.807) is 22.7 Å². The van der Waals surface area contributed by atoms with E-state index in [0.29, 0.717) is 6.42 Å². The van der Waals surface area contributed by atoms with E-state index in [1.165, 1.54) is 4.88 Å². The molecular formula is C15H18N4S2. The van der Waals surface area contributed by atoms with E-state index < -0.39 is 0 Å². The molecule has 0 aliphatic heterocycles. The van der Waals surface area contributed by atoms with Crippen LogP contribution < -0.4 is 5.32 Å². The highest BCUT2D eigenvalue weighted by atomic mass is 32.1. The van der Waals surface area contributed by atoms with E-state index in [4.69, 9.17) is 9.97 Å². The van der Waals surface area contributed by atoms with Crippen molar-refractivity contribution in [1.29, 1.82) is 0 Å². The molecule has 0 saturated carbocycles. The minimum absolute atomic E-state index is 0.701. The molecule has 0 spiro atoms. The lowest BCUT2D eigenvalue weighted by molar-refractivity contribution is 0.942. The molecule has 0 aliphatic carbocycles. The Morgan fingerprint density at radius 3 is 2.76 bits per heavy atom. The Balaban J connectivity index is 1.98. The van der Waals surface area contributed by atoms with E-state index in [0.717, 1.165) is 45.5 Å². The number of aryl methyl sites for hydroxylation is 2. The maximum atomic E-state index is 4.71. The zero-order chi connectivity index (χ0) is 14.8. The lowest BCUT2D eigenvalue weighted by Gasteiger charge is -2.07. The first-order valence-electron chi connectivity index (χ1n) is 7.07. The lowest BCUT2D eigenvalue weighted by atomic mass is 10.3. The molecule has 0 atom stereocenters. The molecule has 3 heterocycles. The third kappa shape index (κ3) is 3.22. The first-order valence-corrected chi connectivity index (χ1v) is 8.77. The number of nitrogens with one attached hydrogen (secondary N) is 1. The van der Waals surface area contributed by atoms with Gasteiger partial charge in [-0.2, -0.15) is 0 Å². The fourth-order valence-corrected chi connectivity index (χ4v) is 3.83. The first-order chi connectivity index (χ1) is 10.2. The average Bonchev–Trinajstić information content (AvgIpc) is 3.01. The monoisotopic (exact) mass is 318 g/mol. The quantitative estimate of drug-likeness (QED) is 0.767. The van der Waals surface area contributed by atoms with Crippen LogP contribution in [0.4, 0.5) is 5.82 Å². The van der Waals surface area contributed by atoms with Gasteiger partial charge in [0.1, 0.15) is 21.5 Å². The zero-order valence-electron chi connectivity index (χ0n) is 12.4. The van der Waals surface area contributed by atoms with Crippen molar-refractivity contribution in [1.82, 2.24) is 15.0 Å². The fourth-order valence-electron chi connectivity index (χ4n) is 2.16. The minimum Gasteiger partial charge on any atom is -0.369 e. The summed E-state index contributed by atoms with van der Waals surface area (Å²) < 4.78 is 0. The smallest absolute Gasteiger partial charge is 0.139 e. The van der Waals surface area contributed by atoms with Gasteiger partial charge >= 0.3 is 0 Å². The van der Waals surface area contributed by atoms with Crippen LogP contribution in [0.5, 0.6) is 0 Å². The molecule has 0 saturated heterocycles. The van der Waals surface area contributed by atoms with Crippen LogP contribution in [0.15, 0.2) is 11.4 Å². The van der Waals surface area contributed by atoms with Crippen molar-refractivity contribution in [3.05, 3.63) is 32.8 Å². The fraction of sp³-hybridized carbons (Fsp3) is 0.400. The molecule has 21 heavy (non-hydrogen) atoms. The molecule has 0 bridgehead atoms. The van der Waals surface area contributed by atoms with Gasteiger partial charge in [0.15, 0.2) is 0 Å². The van der Waals surface area contributed by atoms with Gasteiger partial charge in [0.25, 0.3) is 0 Å². The average molecular weight is 318 g/mol. The normalized spacial score (nSPS) is 11.2. The maximum Gasteiger partial charge on any atom is 0.139 e. The van der Waals surface area contributed by atoms with Crippen LogP contribution in [-0.4, -0.2) is 21.5 Å². The zero-order valence-corrected chi connectivity index (χ0v) is 14.1. The lowest BCUT2D eigenvalue weighted by Crippen LogP contribution is -2.05. The third-order valence-corrected chi connectivity index (χ3v) is 4.99. The molecular weight excluding hydrogens is 300 g/mol. The third-order valence-electron chi connectivity index (χ3n) is 3.08. The van der Waals surface area contributed by atoms with Crippen molar-refractivity contribution in [3.8, 4) is 0 Å². The summed E-state index contributed by atoms with van der Waals surface area (Å²) in [5.74, 6) is 1.80. The number of nitrogens with zero attached hydrogens (tertiary/aromatic N) is 3. The van der Waals surface area contributed by atoms with Crippen molar-refractivity contribution in [2.45, 2.75) is 33.6 Å². The second kappa shape index (κ2) is 6.07. The number of fused-ring (bicyclic) bond motifs is 1. The largest absolute Gasteiger partial charge is 0.369 e. The second-order valence-electron chi connectivity index (χ2n) is 5.05. The predicted molar refractivity (Wildman–Crippen MR) is 90.6 cm³/mol. The topological polar surface area (TPSA) is 50.7 Å². The van der Waals surface area contributed by atoms with E-state index in [-0.39, 0.29) is 0 Å². The Morgan fingerprint density at radius 1 is 1.19 bits per heavy atom. The molecule has 0 amide bonds. The SMILES string of the molecule is CCCNc1nc(Cc2nc(C)cs2)nc2sc(C)cc12. The molecule has 0 fully saturated rings. The summed E-state index contributed by atoms with van der Waals surface area (Å²) in [6.45, 7) is 7.21. The van der Waals surface area contributed by atoms with E-state index in [2.05, 4.69) is 35.6 Å². The van der Waals surface area contributed by atoms with Gasteiger partial charge in [-0.3, -0.25) is 0 Å². The predicted octanol–water partition coefficient (Wildman–Crippen LogP) is 4.18. The molecule has 3 aromatic rings. The summed E-state index contributed by atoms with van der Waals surface area (Å²) in [5, 5.41) is 7.69. The Bertz CT molecular complexity index is 760. The summed E-state index contributed by atoms with van der Waals surface area (Å²) >= 11 is 3.39. The Kier molecular flexibility index (Phi) is 4.17. The second-order valence-corrected chi connectivity index (χ2v) is 7.23. The van der Waals surface area contributed by atoms with E-state index >= 15 is 0 Å². The highest BCUT2D eigenvalue weighted by Gasteiger charge is 2.12. The Hall–Kier alpha value is -1.53. The number of aromatic nitrogens is 3. The van der Waals surface area contributed by atoms with Crippen LogP contribution in [0, 0.1) is 13.8 Å². The van der Waals surface area contributed by atoms with Crippen molar-refractivity contribution < 1.29 is 0 Å². The minimum atomic E-state index is 0.701. The molecule has 6 heteroatoms. The molecule has 0 unspecified atom stereocenters. The van der Waals surface area contributed by atoms with Gasteiger partial charge in [-0.25, -0.2) is 15.0 Å². The summed E-state index contributed by atoms with van der Waals surface area (Å²) in [6.07, 6.45) is 1.78. The summed E-state index contributed by atoms with van der Waals surface area (Å²) in [6, 6.07) is 2.16. The van der Waals surface area contributed by atoms with Crippen molar-refractivity contribution in [3.63, 3.8) is 0 Å². The van der Waals surface area contributed by atoms with Crippen molar-refractivity contribution in [2.24, 2.45) is 0 Å². The molecule has 0 radical (unpaired) electrons. The van der Waals surface area contributed by atoms with Crippen LogP contribution in [0.1, 0.15) is 34.7 Å². The first kappa shape index (κ1) is 14.4. The number of anilines is 1. The Labute approximate surface area is 132 Å². The van der Waals surface area contributed by atoms with Gasteiger partial charge in [0.05, 0.1) is 11.8 Å². The highest BCUT2D eigenvalue weighted by molar-refractivity contribution is 7.18. The van der Waals surface area contributed by atoms with Crippen LogP contribution >= 0.6 is 22.7 Å². The number of rotatable bonds is 5. The number of hydrogen-bond donors (Lipinski definition) is 1. The number of hydrogen-bond acceptors (Lipinski definition) is 6.